The fraction of sp³-hybridized carbons (Fsp3) is 0.667. The van der Waals surface area contributed by atoms with Crippen molar-refractivity contribution in [3.63, 3.8) is 0 Å². The Morgan fingerprint density at radius 1 is 1.26 bits per heavy atom. The molecule has 1 aromatic rings. The molecule has 0 amide bonds. The Labute approximate surface area is 182 Å². The molecule has 2 N–H and O–H groups in total. The minimum Gasteiger partial charge on any atom is -0.492 e. The highest BCUT2D eigenvalue weighted by molar-refractivity contribution is 14.0. The molecule has 0 bridgehead atoms. The second kappa shape index (κ2) is 13.2. The van der Waals surface area contributed by atoms with Crippen molar-refractivity contribution in [1.29, 1.82) is 0 Å². The first-order valence-corrected chi connectivity index (χ1v) is 9.93. The van der Waals surface area contributed by atoms with Crippen molar-refractivity contribution in [2.24, 2.45) is 16.8 Å². The average molecular weight is 488 g/mol. The summed E-state index contributed by atoms with van der Waals surface area (Å²) in [6.45, 7) is 12.7. The van der Waals surface area contributed by atoms with Gasteiger partial charge in [0.15, 0.2) is 5.96 Å². The van der Waals surface area contributed by atoms with Gasteiger partial charge in [0.2, 0.25) is 0 Å². The van der Waals surface area contributed by atoms with Gasteiger partial charge in [0.25, 0.3) is 0 Å². The number of aryl methyl sites for hydroxylation is 1. The molecule has 1 unspecified atom stereocenters. The Morgan fingerprint density at radius 3 is 2.67 bits per heavy atom. The van der Waals surface area contributed by atoms with Crippen molar-refractivity contribution < 1.29 is 4.74 Å². The molecule has 6 heteroatoms. The molecule has 1 atom stereocenters. The van der Waals surface area contributed by atoms with Gasteiger partial charge in [-0.3, -0.25) is 4.99 Å². The van der Waals surface area contributed by atoms with Crippen LogP contribution in [0, 0.1) is 18.8 Å². The quantitative estimate of drug-likeness (QED) is 0.255. The van der Waals surface area contributed by atoms with Gasteiger partial charge in [0.05, 0.1) is 6.54 Å². The van der Waals surface area contributed by atoms with Crippen molar-refractivity contribution in [3.05, 3.63) is 29.8 Å². The maximum absolute atomic E-state index is 5.75. The molecule has 1 aliphatic rings. The summed E-state index contributed by atoms with van der Waals surface area (Å²) in [6.07, 6.45) is 2.60. The Hall–Kier alpha value is -1.02. The molecule has 0 spiro atoms. The number of halogens is 1. The van der Waals surface area contributed by atoms with Crippen LogP contribution in [0.2, 0.25) is 0 Å². The van der Waals surface area contributed by atoms with Gasteiger partial charge in [-0.1, -0.05) is 31.5 Å². The molecule has 1 saturated heterocycles. The lowest BCUT2D eigenvalue weighted by atomic mass is 9.97. The number of nitrogens with one attached hydrogen (secondary N) is 2. The van der Waals surface area contributed by atoms with Crippen molar-refractivity contribution in [2.75, 3.05) is 46.4 Å². The minimum atomic E-state index is 0. The summed E-state index contributed by atoms with van der Waals surface area (Å²) in [7, 11) is 1.82. The third kappa shape index (κ3) is 9.65. The molecule has 27 heavy (non-hydrogen) atoms. The van der Waals surface area contributed by atoms with Crippen LogP contribution in [-0.4, -0.2) is 57.2 Å². The molecule has 0 saturated carbocycles. The highest BCUT2D eigenvalue weighted by Crippen LogP contribution is 2.16. The molecule has 1 heterocycles. The van der Waals surface area contributed by atoms with E-state index in [0.717, 1.165) is 30.7 Å². The number of benzene rings is 1. The average Bonchev–Trinajstić information content (AvgIpc) is 2.62. The van der Waals surface area contributed by atoms with E-state index in [1.165, 1.54) is 38.0 Å². The van der Waals surface area contributed by atoms with Crippen LogP contribution in [0.15, 0.2) is 29.3 Å². The molecule has 0 aliphatic carbocycles. The number of rotatable bonds is 8. The second-order valence-electron chi connectivity index (χ2n) is 7.70. The Kier molecular flexibility index (Phi) is 11.7. The van der Waals surface area contributed by atoms with E-state index in [1.54, 1.807) is 0 Å². The number of likely N-dealkylation sites (tertiary alicyclic amines) is 1. The highest BCUT2D eigenvalue weighted by Gasteiger charge is 2.20. The summed E-state index contributed by atoms with van der Waals surface area (Å²) in [5.74, 6) is 3.21. The van der Waals surface area contributed by atoms with E-state index < -0.39 is 0 Å². The lowest BCUT2D eigenvalue weighted by molar-refractivity contribution is 0.159. The van der Waals surface area contributed by atoms with Crippen molar-refractivity contribution in [3.8, 4) is 5.75 Å². The lowest BCUT2D eigenvalue weighted by Crippen LogP contribution is -2.45. The molecule has 0 aromatic heterocycles. The Balaban J connectivity index is 0.00000364. The first kappa shape index (κ1) is 24.0. The third-order valence-electron chi connectivity index (χ3n) is 4.69. The van der Waals surface area contributed by atoms with Gasteiger partial charge >= 0.3 is 0 Å². The van der Waals surface area contributed by atoms with Crippen LogP contribution in [0.25, 0.3) is 0 Å². The number of guanidine groups is 1. The van der Waals surface area contributed by atoms with E-state index in [4.69, 9.17) is 4.74 Å². The maximum atomic E-state index is 5.75. The van der Waals surface area contributed by atoms with Crippen LogP contribution in [0.1, 0.15) is 32.3 Å². The number of piperidine rings is 1. The van der Waals surface area contributed by atoms with E-state index >= 15 is 0 Å². The van der Waals surface area contributed by atoms with Gasteiger partial charge in [-0.15, -0.1) is 24.0 Å². The van der Waals surface area contributed by atoms with E-state index in [2.05, 4.69) is 53.4 Å². The van der Waals surface area contributed by atoms with Gasteiger partial charge < -0.3 is 20.3 Å². The third-order valence-corrected chi connectivity index (χ3v) is 4.69. The zero-order valence-electron chi connectivity index (χ0n) is 17.3. The molecule has 0 radical (unpaired) electrons. The predicted octanol–water partition coefficient (Wildman–Crippen LogP) is 3.52. The first-order chi connectivity index (χ1) is 12.6. The van der Waals surface area contributed by atoms with Crippen molar-refractivity contribution in [2.45, 2.75) is 33.6 Å². The van der Waals surface area contributed by atoms with Gasteiger partial charge in [0, 0.05) is 26.7 Å². The van der Waals surface area contributed by atoms with Crippen LogP contribution in [0.4, 0.5) is 0 Å². The maximum Gasteiger partial charge on any atom is 0.191 e. The normalized spacial score (nSPS) is 18.1. The van der Waals surface area contributed by atoms with Crippen molar-refractivity contribution >= 4 is 29.9 Å². The molecular weight excluding hydrogens is 451 g/mol. The topological polar surface area (TPSA) is 48.9 Å². The smallest absolute Gasteiger partial charge is 0.191 e. The molecule has 1 fully saturated rings. The fourth-order valence-electron chi connectivity index (χ4n) is 3.43. The second-order valence-corrected chi connectivity index (χ2v) is 7.70. The van der Waals surface area contributed by atoms with E-state index in [0.29, 0.717) is 12.5 Å². The number of nitrogens with zero attached hydrogens (tertiary/aromatic N) is 2. The molecule has 1 aliphatic heterocycles. The molecule has 2 rings (SSSR count). The predicted molar refractivity (Wildman–Crippen MR) is 125 cm³/mol. The van der Waals surface area contributed by atoms with Crippen LogP contribution >= 0.6 is 24.0 Å². The number of ether oxygens (including phenoxy) is 1. The summed E-state index contributed by atoms with van der Waals surface area (Å²) >= 11 is 0. The summed E-state index contributed by atoms with van der Waals surface area (Å²) in [5.41, 5.74) is 1.25. The summed E-state index contributed by atoms with van der Waals surface area (Å²) in [5, 5.41) is 6.81. The molecule has 1 aromatic carbocycles. The SMILES string of the molecule is CN=C(NCCOc1ccc(C)cc1)NCC1CCCN(CC(C)C)C1.I. The lowest BCUT2D eigenvalue weighted by Gasteiger charge is -2.34. The van der Waals surface area contributed by atoms with Crippen LogP contribution < -0.4 is 15.4 Å². The zero-order valence-corrected chi connectivity index (χ0v) is 19.7. The largest absolute Gasteiger partial charge is 0.492 e. The molecular formula is C21H37IN4O. The summed E-state index contributed by atoms with van der Waals surface area (Å²) in [4.78, 5) is 6.92. The van der Waals surface area contributed by atoms with Gasteiger partial charge in [0.1, 0.15) is 12.4 Å². The fourth-order valence-corrected chi connectivity index (χ4v) is 3.43. The van der Waals surface area contributed by atoms with Gasteiger partial charge in [-0.05, 0) is 50.3 Å². The van der Waals surface area contributed by atoms with Gasteiger partial charge in [-0.25, -0.2) is 0 Å². The first-order valence-electron chi connectivity index (χ1n) is 9.93. The molecule has 154 valence electrons. The van der Waals surface area contributed by atoms with Crippen LogP contribution in [0.3, 0.4) is 0 Å². The molecule has 5 nitrogen and oxygen atoms in total. The number of aliphatic imine (C=N–C) groups is 1. The number of hydrogen-bond acceptors (Lipinski definition) is 3. The Bertz CT molecular complexity index is 548. The Morgan fingerprint density at radius 2 is 2.00 bits per heavy atom. The highest BCUT2D eigenvalue weighted by atomic mass is 127. The van der Waals surface area contributed by atoms with Crippen LogP contribution in [0.5, 0.6) is 5.75 Å². The summed E-state index contributed by atoms with van der Waals surface area (Å²) < 4.78 is 5.75. The summed E-state index contributed by atoms with van der Waals surface area (Å²) in [6, 6.07) is 8.15. The van der Waals surface area contributed by atoms with E-state index in [1.807, 2.05) is 19.2 Å². The van der Waals surface area contributed by atoms with E-state index in [9.17, 15) is 0 Å². The monoisotopic (exact) mass is 488 g/mol. The van der Waals surface area contributed by atoms with Crippen molar-refractivity contribution in [1.82, 2.24) is 15.5 Å². The standard InChI is InChI=1S/C21H36N4O.HI/c1-17(2)15-25-12-5-6-19(16-25)14-24-21(22-4)23-11-13-26-20-9-7-18(3)8-10-20;/h7-10,17,19H,5-6,11-16H2,1-4H3,(H2,22,23,24);1H. The van der Waals surface area contributed by atoms with Gasteiger partial charge in [-0.2, -0.15) is 0 Å². The zero-order chi connectivity index (χ0) is 18.8. The number of hydrogen-bond donors (Lipinski definition) is 2. The van der Waals surface area contributed by atoms with Crippen LogP contribution in [-0.2, 0) is 0 Å². The van der Waals surface area contributed by atoms with E-state index in [-0.39, 0.29) is 24.0 Å². The minimum absolute atomic E-state index is 0.